The van der Waals surface area contributed by atoms with Gasteiger partial charge in [-0.3, -0.25) is 5.84 Å². The fourth-order valence-corrected chi connectivity index (χ4v) is 2.15. The largest absolute Gasteiger partial charge is 0.330 e. The molecule has 0 aliphatic rings. The molecule has 23 heavy (non-hydrogen) atoms. The summed E-state index contributed by atoms with van der Waals surface area (Å²) >= 11 is 0. The minimum absolute atomic E-state index is 0.272. The van der Waals surface area contributed by atoms with E-state index in [1.54, 1.807) is 12.1 Å². The number of carbonyl (C=O) groups excluding carboxylic acids is 2. The number of aldehydes is 2. The fraction of sp³-hybridized carbons (Fsp3) is 0.857. The van der Waals surface area contributed by atoms with Gasteiger partial charge in [-0.05, 0) is 38.8 Å². The SMILES string of the molecule is CN(CN(N)N[C@H](C=O)CCCCN)N[C@H](C=O)CCCCN. The minimum Gasteiger partial charge on any atom is -0.330 e. The van der Waals surface area contributed by atoms with Crippen molar-refractivity contribution in [3.05, 3.63) is 0 Å². The lowest BCUT2D eigenvalue weighted by atomic mass is 10.1. The van der Waals surface area contributed by atoms with Crippen LogP contribution in [-0.4, -0.2) is 61.6 Å². The Hall–Kier alpha value is -0.940. The zero-order valence-electron chi connectivity index (χ0n) is 14.1. The van der Waals surface area contributed by atoms with Crippen LogP contribution in [0, 0.1) is 0 Å². The van der Waals surface area contributed by atoms with Gasteiger partial charge in [0, 0.05) is 7.05 Å². The van der Waals surface area contributed by atoms with Crippen molar-refractivity contribution < 1.29 is 9.59 Å². The molecule has 0 aromatic carbocycles. The molecule has 8 N–H and O–H groups in total. The summed E-state index contributed by atoms with van der Waals surface area (Å²) in [7, 11) is 1.78. The van der Waals surface area contributed by atoms with E-state index < -0.39 is 0 Å². The number of rotatable bonds is 16. The maximum absolute atomic E-state index is 11.1. The van der Waals surface area contributed by atoms with Gasteiger partial charge in [0.05, 0.1) is 18.8 Å². The molecule has 136 valence electrons. The van der Waals surface area contributed by atoms with E-state index in [0.717, 1.165) is 44.7 Å². The second-order valence-corrected chi connectivity index (χ2v) is 5.62. The Kier molecular flexibility index (Phi) is 14.0. The van der Waals surface area contributed by atoms with E-state index in [0.29, 0.717) is 26.2 Å². The summed E-state index contributed by atoms with van der Waals surface area (Å²) in [5.74, 6) is 5.85. The van der Waals surface area contributed by atoms with Crippen molar-refractivity contribution in [1.29, 1.82) is 0 Å². The van der Waals surface area contributed by atoms with Gasteiger partial charge in [-0.25, -0.2) is 15.9 Å². The number of carbonyl (C=O) groups is 2. The maximum atomic E-state index is 11.1. The molecule has 0 saturated carbocycles. The first-order chi connectivity index (χ1) is 11.1. The number of hydrazine groups is 3. The van der Waals surface area contributed by atoms with E-state index in [9.17, 15) is 9.59 Å². The van der Waals surface area contributed by atoms with Crippen LogP contribution in [0.25, 0.3) is 0 Å². The maximum Gasteiger partial charge on any atom is 0.138 e. The number of hydrogen-bond donors (Lipinski definition) is 5. The summed E-state index contributed by atoms with van der Waals surface area (Å²) in [4.78, 5) is 22.1. The van der Waals surface area contributed by atoms with E-state index in [-0.39, 0.29) is 12.1 Å². The molecule has 0 aromatic rings. The lowest BCUT2D eigenvalue weighted by Gasteiger charge is -2.28. The van der Waals surface area contributed by atoms with Crippen LogP contribution in [-0.2, 0) is 9.59 Å². The molecule has 0 aliphatic heterocycles. The number of nitrogens with one attached hydrogen (secondary N) is 2. The van der Waals surface area contributed by atoms with Crippen molar-refractivity contribution in [2.24, 2.45) is 17.3 Å². The predicted molar refractivity (Wildman–Crippen MR) is 90.4 cm³/mol. The van der Waals surface area contributed by atoms with Crippen molar-refractivity contribution in [3.63, 3.8) is 0 Å². The third-order valence-corrected chi connectivity index (χ3v) is 3.35. The summed E-state index contributed by atoms with van der Waals surface area (Å²) in [6.07, 6.45) is 6.64. The van der Waals surface area contributed by atoms with Crippen molar-refractivity contribution in [3.8, 4) is 0 Å². The average molecular weight is 331 g/mol. The number of hydrogen-bond acceptors (Lipinski definition) is 9. The van der Waals surface area contributed by atoms with E-state index in [1.807, 2.05) is 0 Å². The third-order valence-electron chi connectivity index (χ3n) is 3.35. The standard InChI is InChI=1S/C14H33N7O2/c1-20(18-13(10-22)6-2-4-8-15)12-21(17)19-14(11-23)7-3-5-9-16/h10-11,13-14,18-19H,2-9,12,15-17H2,1H3/t13-,14-/m0/s1. The smallest absolute Gasteiger partial charge is 0.138 e. The number of unbranched alkanes of at least 4 members (excludes halogenated alkanes) is 2. The number of nitrogens with zero attached hydrogens (tertiary/aromatic N) is 2. The van der Waals surface area contributed by atoms with Gasteiger partial charge in [-0.15, -0.1) is 0 Å². The van der Waals surface area contributed by atoms with Crippen LogP contribution in [0.3, 0.4) is 0 Å². The molecule has 0 spiro atoms. The van der Waals surface area contributed by atoms with Gasteiger partial charge >= 0.3 is 0 Å². The first-order valence-corrected chi connectivity index (χ1v) is 8.13. The molecule has 0 fully saturated rings. The van der Waals surface area contributed by atoms with Gasteiger partial charge in [0.15, 0.2) is 0 Å². The highest BCUT2D eigenvalue weighted by Gasteiger charge is 2.13. The Balaban J connectivity index is 4.07. The summed E-state index contributed by atoms with van der Waals surface area (Å²) in [5, 5.41) is 3.03. The Morgan fingerprint density at radius 3 is 1.83 bits per heavy atom. The summed E-state index contributed by atoms with van der Waals surface area (Å²) < 4.78 is 0. The Labute approximate surface area is 138 Å². The van der Waals surface area contributed by atoms with E-state index in [2.05, 4.69) is 10.9 Å². The summed E-state index contributed by atoms with van der Waals surface area (Å²) in [5.41, 5.74) is 16.8. The van der Waals surface area contributed by atoms with Crippen LogP contribution in [0.1, 0.15) is 38.5 Å². The molecule has 0 heterocycles. The van der Waals surface area contributed by atoms with Gasteiger partial charge in [-0.2, -0.15) is 5.12 Å². The lowest BCUT2D eigenvalue weighted by Crippen LogP contribution is -2.57. The Bertz CT molecular complexity index is 279. The van der Waals surface area contributed by atoms with Crippen LogP contribution >= 0.6 is 0 Å². The molecular weight excluding hydrogens is 298 g/mol. The van der Waals surface area contributed by atoms with Crippen molar-refractivity contribution >= 4 is 12.6 Å². The van der Waals surface area contributed by atoms with Crippen molar-refractivity contribution in [2.75, 3.05) is 26.8 Å². The molecular formula is C14H33N7O2. The molecule has 2 atom stereocenters. The van der Waals surface area contributed by atoms with E-state index >= 15 is 0 Å². The molecule has 0 saturated heterocycles. The topological polar surface area (TPSA) is 143 Å². The minimum atomic E-state index is -0.341. The highest BCUT2D eigenvalue weighted by molar-refractivity contribution is 5.57. The van der Waals surface area contributed by atoms with Crippen LogP contribution < -0.4 is 28.2 Å². The van der Waals surface area contributed by atoms with Gasteiger partial charge in [0.25, 0.3) is 0 Å². The van der Waals surface area contributed by atoms with Crippen LogP contribution in [0.4, 0.5) is 0 Å². The zero-order valence-corrected chi connectivity index (χ0v) is 14.1. The second-order valence-electron chi connectivity index (χ2n) is 5.62. The molecule has 0 aliphatic carbocycles. The summed E-state index contributed by atoms with van der Waals surface area (Å²) in [6.45, 7) is 1.55. The average Bonchev–Trinajstić information content (AvgIpc) is 2.53. The normalized spacial score (nSPS) is 14.2. The lowest BCUT2D eigenvalue weighted by molar-refractivity contribution is -0.112. The third kappa shape index (κ3) is 12.2. The van der Waals surface area contributed by atoms with Gasteiger partial charge in [0.2, 0.25) is 0 Å². The van der Waals surface area contributed by atoms with Crippen LogP contribution in [0.15, 0.2) is 0 Å². The molecule has 0 aromatic heterocycles. The number of nitrogens with two attached hydrogens (primary N) is 3. The van der Waals surface area contributed by atoms with E-state index in [1.165, 1.54) is 5.12 Å². The van der Waals surface area contributed by atoms with Gasteiger partial charge < -0.3 is 21.1 Å². The van der Waals surface area contributed by atoms with E-state index in [4.69, 9.17) is 17.3 Å². The molecule has 0 bridgehead atoms. The molecule has 9 heteroatoms. The quantitative estimate of drug-likeness (QED) is 0.0747. The molecule has 0 rings (SSSR count). The highest BCUT2D eigenvalue weighted by atomic mass is 16.1. The first-order valence-electron chi connectivity index (χ1n) is 8.13. The van der Waals surface area contributed by atoms with Gasteiger partial charge in [-0.1, -0.05) is 12.8 Å². The molecule has 0 amide bonds. The van der Waals surface area contributed by atoms with Crippen LogP contribution in [0.5, 0.6) is 0 Å². The Morgan fingerprint density at radius 1 is 0.913 bits per heavy atom. The molecule has 0 radical (unpaired) electrons. The Morgan fingerprint density at radius 2 is 1.39 bits per heavy atom. The van der Waals surface area contributed by atoms with Crippen LogP contribution in [0.2, 0.25) is 0 Å². The van der Waals surface area contributed by atoms with Crippen molar-refractivity contribution in [2.45, 2.75) is 50.6 Å². The molecule has 0 unspecified atom stereocenters. The zero-order chi connectivity index (χ0) is 17.5. The monoisotopic (exact) mass is 331 g/mol. The summed E-state index contributed by atoms with van der Waals surface area (Å²) in [6, 6.07) is -0.613. The van der Waals surface area contributed by atoms with Gasteiger partial charge in [0.1, 0.15) is 12.6 Å². The van der Waals surface area contributed by atoms with Crippen molar-refractivity contribution in [1.82, 2.24) is 21.0 Å². The fourth-order valence-electron chi connectivity index (χ4n) is 2.15. The highest BCUT2D eigenvalue weighted by Crippen LogP contribution is 2.00. The molecule has 9 nitrogen and oxygen atoms in total. The predicted octanol–water partition coefficient (Wildman–Crippen LogP) is -1.55. The first kappa shape index (κ1) is 22.1. The second kappa shape index (κ2) is 14.6.